The zero-order valence-electron chi connectivity index (χ0n) is 13.3. The summed E-state index contributed by atoms with van der Waals surface area (Å²) in [5, 5.41) is 7.66. The molecule has 0 saturated heterocycles. The molecule has 5 nitrogen and oxygen atoms in total. The first-order valence-corrected chi connectivity index (χ1v) is 8.42. The molecule has 21 heavy (non-hydrogen) atoms. The van der Waals surface area contributed by atoms with Crippen molar-refractivity contribution in [3.05, 3.63) is 21.0 Å². The quantitative estimate of drug-likeness (QED) is 0.900. The number of aromatic nitrogens is 2. The second-order valence-electron chi connectivity index (χ2n) is 6.09. The van der Waals surface area contributed by atoms with E-state index in [1.165, 1.54) is 17.5 Å². The number of hydrogen-bond acceptors (Lipinski definition) is 4. The fraction of sp³-hybridized carbons (Fsp3) is 0.733. The fourth-order valence-corrected chi connectivity index (χ4v) is 3.56. The van der Waals surface area contributed by atoms with E-state index in [4.69, 9.17) is 0 Å². The summed E-state index contributed by atoms with van der Waals surface area (Å²) >= 11 is 3.46. The monoisotopic (exact) mass is 356 g/mol. The van der Waals surface area contributed by atoms with Crippen LogP contribution in [-0.2, 0) is 0 Å². The Hall–Kier alpha value is -0.880. The van der Waals surface area contributed by atoms with Gasteiger partial charge in [0, 0.05) is 19.1 Å². The zero-order chi connectivity index (χ0) is 15.6. The molecule has 0 unspecified atom stereocenters. The van der Waals surface area contributed by atoms with Crippen LogP contribution in [0.4, 0.5) is 5.69 Å². The molecule has 2 rings (SSSR count). The third-order valence-corrected chi connectivity index (χ3v) is 5.19. The van der Waals surface area contributed by atoms with Crippen LogP contribution in [0.1, 0.15) is 45.6 Å². The average molecular weight is 357 g/mol. The smallest absolute Gasteiger partial charge is 0.283 e. The van der Waals surface area contributed by atoms with Crippen molar-refractivity contribution in [2.24, 2.45) is 0 Å². The first-order valence-electron chi connectivity index (χ1n) is 7.63. The largest absolute Gasteiger partial charge is 0.369 e. The van der Waals surface area contributed by atoms with Crippen molar-refractivity contribution >= 4 is 21.6 Å². The van der Waals surface area contributed by atoms with E-state index >= 15 is 0 Å². The molecule has 1 N–H and O–H groups in total. The van der Waals surface area contributed by atoms with E-state index in [1.54, 1.807) is 6.20 Å². The standard InChI is InChI=1S/C15H25BrN4O/c1-10(2)20-15(21)14(16)13(9-18-20)19(4)12-7-5-11(17-3)6-8-12/h9-12,17H,5-8H2,1-4H3. The van der Waals surface area contributed by atoms with Crippen LogP contribution in [0.5, 0.6) is 0 Å². The highest BCUT2D eigenvalue weighted by molar-refractivity contribution is 9.10. The van der Waals surface area contributed by atoms with E-state index < -0.39 is 0 Å². The molecule has 118 valence electrons. The van der Waals surface area contributed by atoms with Crippen molar-refractivity contribution in [3.8, 4) is 0 Å². The van der Waals surface area contributed by atoms with Crippen LogP contribution < -0.4 is 15.8 Å². The predicted octanol–water partition coefficient (Wildman–Crippen LogP) is 2.55. The molecule has 0 amide bonds. The van der Waals surface area contributed by atoms with E-state index in [2.05, 4.69) is 38.3 Å². The summed E-state index contributed by atoms with van der Waals surface area (Å²) in [6, 6.07) is 1.17. The van der Waals surface area contributed by atoms with E-state index in [-0.39, 0.29) is 11.6 Å². The molecule has 0 atom stereocenters. The molecule has 1 fully saturated rings. The third kappa shape index (κ3) is 3.48. The van der Waals surface area contributed by atoms with Crippen molar-refractivity contribution in [1.82, 2.24) is 15.1 Å². The van der Waals surface area contributed by atoms with Crippen LogP contribution in [0.2, 0.25) is 0 Å². The Morgan fingerprint density at radius 3 is 2.52 bits per heavy atom. The van der Waals surface area contributed by atoms with Gasteiger partial charge in [-0.05, 0) is 62.5 Å². The summed E-state index contributed by atoms with van der Waals surface area (Å²) in [6.45, 7) is 3.92. The molecule has 1 heterocycles. The van der Waals surface area contributed by atoms with E-state index in [9.17, 15) is 4.79 Å². The molecule has 1 saturated carbocycles. The lowest BCUT2D eigenvalue weighted by Gasteiger charge is -2.36. The van der Waals surface area contributed by atoms with E-state index in [0.717, 1.165) is 18.5 Å². The number of nitrogens with zero attached hydrogens (tertiary/aromatic N) is 3. The number of hydrogen-bond donors (Lipinski definition) is 1. The predicted molar refractivity (Wildman–Crippen MR) is 90.1 cm³/mol. The molecule has 1 aromatic heterocycles. The summed E-state index contributed by atoms with van der Waals surface area (Å²) in [6.07, 6.45) is 6.44. The number of halogens is 1. The maximum atomic E-state index is 12.3. The first-order chi connectivity index (χ1) is 9.95. The Morgan fingerprint density at radius 1 is 1.38 bits per heavy atom. The molecule has 0 bridgehead atoms. The Morgan fingerprint density at radius 2 is 2.00 bits per heavy atom. The van der Waals surface area contributed by atoms with Crippen LogP contribution in [-0.4, -0.2) is 36.0 Å². The normalized spacial score (nSPS) is 22.6. The molecule has 1 aliphatic carbocycles. The fourth-order valence-electron chi connectivity index (χ4n) is 3.00. The molecular weight excluding hydrogens is 332 g/mol. The van der Waals surface area contributed by atoms with Crippen LogP contribution in [0, 0.1) is 0 Å². The zero-order valence-corrected chi connectivity index (χ0v) is 14.9. The summed E-state index contributed by atoms with van der Waals surface area (Å²) in [7, 11) is 4.09. The first kappa shape index (κ1) is 16.5. The van der Waals surface area contributed by atoms with Crippen molar-refractivity contribution in [2.45, 2.75) is 57.7 Å². The van der Waals surface area contributed by atoms with Gasteiger partial charge in [0.05, 0.1) is 17.9 Å². The van der Waals surface area contributed by atoms with Crippen molar-refractivity contribution in [3.63, 3.8) is 0 Å². The number of anilines is 1. The molecule has 1 aliphatic rings. The van der Waals surface area contributed by atoms with Crippen LogP contribution >= 0.6 is 15.9 Å². The van der Waals surface area contributed by atoms with Gasteiger partial charge in [0.2, 0.25) is 0 Å². The number of nitrogens with one attached hydrogen (secondary N) is 1. The molecule has 0 spiro atoms. The highest BCUT2D eigenvalue weighted by Crippen LogP contribution is 2.29. The SMILES string of the molecule is CNC1CCC(N(C)c2cnn(C(C)C)c(=O)c2Br)CC1. The summed E-state index contributed by atoms with van der Waals surface area (Å²) in [4.78, 5) is 14.5. The molecule has 0 radical (unpaired) electrons. The van der Waals surface area contributed by atoms with Gasteiger partial charge in [-0.25, -0.2) is 4.68 Å². The highest BCUT2D eigenvalue weighted by Gasteiger charge is 2.25. The lowest BCUT2D eigenvalue weighted by molar-refractivity contribution is 0.351. The molecular formula is C15H25BrN4O. The van der Waals surface area contributed by atoms with E-state index in [0.29, 0.717) is 16.6 Å². The van der Waals surface area contributed by atoms with Gasteiger partial charge in [0.25, 0.3) is 5.56 Å². The molecule has 0 aliphatic heterocycles. The van der Waals surface area contributed by atoms with Crippen LogP contribution in [0.25, 0.3) is 0 Å². The van der Waals surface area contributed by atoms with Crippen LogP contribution in [0.3, 0.4) is 0 Å². The lowest BCUT2D eigenvalue weighted by Crippen LogP contribution is -2.40. The Bertz CT molecular complexity index is 535. The van der Waals surface area contributed by atoms with Gasteiger partial charge >= 0.3 is 0 Å². The molecule has 1 aromatic rings. The minimum atomic E-state index is -0.0572. The summed E-state index contributed by atoms with van der Waals surface area (Å²) < 4.78 is 2.13. The Labute approximate surface area is 134 Å². The van der Waals surface area contributed by atoms with Crippen LogP contribution in [0.15, 0.2) is 15.5 Å². The average Bonchev–Trinajstić information content (AvgIpc) is 2.49. The second-order valence-corrected chi connectivity index (χ2v) is 6.89. The summed E-state index contributed by atoms with van der Waals surface area (Å²) in [5.74, 6) is 0. The van der Waals surface area contributed by atoms with Crippen molar-refractivity contribution < 1.29 is 0 Å². The number of rotatable bonds is 4. The van der Waals surface area contributed by atoms with Gasteiger partial charge in [-0.15, -0.1) is 0 Å². The Balaban J connectivity index is 2.19. The minimum absolute atomic E-state index is 0.0572. The summed E-state index contributed by atoms with van der Waals surface area (Å²) in [5.41, 5.74) is 0.836. The van der Waals surface area contributed by atoms with Gasteiger partial charge in [-0.2, -0.15) is 5.10 Å². The van der Waals surface area contributed by atoms with Gasteiger partial charge in [-0.1, -0.05) is 0 Å². The van der Waals surface area contributed by atoms with Gasteiger partial charge < -0.3 is 10.2 Å². The second kappa shape index (κ2) is 6.92. The highest BCUT2D eigenvalue weighted by atomic mass is 79.9. The Kier molecular flexibility index (Phi) is 5.43. The van der Waals surface area contributed by atoms with E-state index in [1.807, 2.05) is 20.9 Å². The van der Waals surface area contributed by atoms with Gasteiger partial charge in [0.1, 0.15) is 4.47 Å². The van der Waals surface area contributed by atoms with Gasteiger partial charge in [-0.3, -0.25) is 4.79 Å². The minimum Gasteiger partial charge on any atom is -0.369 e. The maximum Gasteiger partial charge on any atom is 0.283 e. The van der Waals surface area contributed by atoms with Crippen molar-refractivity contribution in [1.29, 1.82) is 0 Å². The molecule has 0 aromatic carbocycles. The van der Waals surface area contributed by atoms with Gasteiger partial charge in [0.15, 0.2) is 0 Å². The van der Waals surface area contributed by atoms with Crippen molar-refractivity contribution in [2.75, 3.05) is 19.0 Å². The lowest BCUT2D eigenvalue weighted by atomic mass is 9.90. The molecule has 6 heteroatoms. The topological polar surface area (TPSA) is 50.2 Å². The maximum absolute atomic E-state index is 12.3. The third-order valence-electron chi connectivity index (χ3n) is 4.45.